The lowest BCUT2D eigenvalue weighted by molar-refractivity contribution is 0.0195. The van der Waals surface area contributed by atoms with E-state index in [1.165, 1.54) is 16.7 Å². The second-order valence-corrected chi connectivity index (χ2v) is 10.4. The third kappa shape index (κ3) is 5.42. The van der Waals surface area contributed by atoms with Gasteiger partial charge in [-0.15, -0.1) is 0 Å². The quantitative estimate of drug-likeness (QED) is 0.393. The Labute approximate surface area is 226 Å². The van der Waals surface area contributed by atoms with Gasteiger partial charge in [-0.1, -0.05) is 48.5 Å². The number of carbonyl (C=O) groups excluding carboxylic acids is 1. The fraction of sp³-hybridized carbons (Fsp3) is 0.406. The summed E-state index contributed by atoms with van der Waals surface area (Å²) in [5, 5.41) is 0. The number of nitrogens with zero attached hydrogens (tertiary/aromatic N) is 3. The maximum atomic E-state index is 12.9. The maximum absolute atomic E-state index is 12.9. The van der Waals surface area contributed by atoms with Crippen LogP contribution in [0, 0.1) is 0 Å². The molecule has 3 aromatic carbocycles. The number of rotatable bonds is 8. The third-order valence-electron chi connectivity index (χ3n) is 7.96. The zero-order valence-electron chi connectivity index (χ0n) is 23.0. The molecule has 0 radical (unpaired) electrons. The van der Waals surface area contributed by atoms with E-state index in [1.54, 1.807) is 0 Å². The van der Waals surface area contributed by atoms with Crippen LogP contribution in [0.25, 0.3) is 0 Å². The number of carbonyl (C=O) groups is 1. The standard InChI is InChI=1S/C32H39N3O3/c1-5-33(6-2)32(36)28-15-13-27(14-16-28)31(26-10-8-7-9-11-26)35-20-23(3)34(19-24(35)4)21-25-12-17-29-30(18-25)38-22-37-29/h7-18,23-24,31H,5-6,19-22H2,1-4H3/t23-,24+,31+/m1/s1. The zero-order valence-corrected chi connectivity index (χ0v) is 23.0. The van der Waals surface area contributed by atoms with Crippen LogP contribution < -0.4 is 9.47 Å². The van der Waals surface area contributed by atoms with E-state index in [9.17, 15) is 4.79 Å². The molecule has 0 N–H and O–H groups in total. The number of ether oxygens (including phenoxy) is 2. The van der Waals surface area contributed by atoms with Gasteiger partial charge in [-0.05, 0) is 68.7 Å². The summed E-state index contributed by atoms with van der Waals surface area (Å²) in [5.41, 5.74) is 4.49. The van der Waals surface area contributed by atoms with Crippen molar-refractivity contribution < 1.29 is 14.3 Å². The average molecular weight is 514 g/mol. The van der Waals surface area contributed by atoms with Gasteiger partial charge in [0.25, 0.3) is 5.91 Å². The molecule has 38 heavy (non-hydrogen) atoms. The Balaban J connectivity index is 1.37. The van der Waals surface area contributed by atoms with Crippen molar-refractivity contribution in [1.29, 1.82) is 0 Å². The van der Waals surface area contributed by atoms with Crippen LogP contribution in [0.2, 0.25) is 0 Å². The molecule has 0 unspecified atom stereocenters. The smallest absolute Gasteiger partial charge is 0.253 e. The van der Waals surface area contributed by atoms with Crippen LogP contribution in [-0.2, 0) is 6.54 Å². The summed E-state index contributed by atoms with van der Waals surface area (Å²) in [7, 11) is 0. The first-order valence-corrected chi connectivity index (χ1v) is 13.8. The number of hydrogen-bond donors (Lipinski definition) is 0. The van der Waals surface area contributed by atoms with Crippen molar-refractivity contribution in [2.24, 2.45) is 0 Å². The van der Waals surface area contributed by atoms with Gasteiger partial charge in [-0.25, -0.2) is 0 Å². The molecule has 0 bridgehead atoms. The molecule has 200 valence electrons. The molecule has 1 fully saturated rings. The first kappa shape index (κ1) is 26.3. The van der Waals surface area contributed by atoms with Crippen LogP contribution >= 0.6 is 0 Å². The van der Waals surface area contributed by atoms with E-state index < -0.39 is 0 Å². The van der Waals surface area contributed by atoms with Gasteiger partial charge < -0.3 is 14.4 Å². The largest absolute Gasteiger partial charge is 0.454 e. The molecule has 3 aromatic rings. The summed E-state index contributed by atoms with van der Waals surface area (Å²) in [6.45, 7) is 13.2. The summed E-state index contributed by atoms with van der Waals surface area (Å²) < 4.78 is 11.1. The minimum absolute atomic E-state index is 0.0944. The SMILES string of the molecule is CCN(CC)C(=O)c1ccc([C@H](c2ccccc2)N2C[C@@H](C)N(Cc3ccc4c(c3)OCO4)C[C@@H]2C)cc1. The second kappa shape index (κ2) is 11.6. The summed E-state index contributed by atoms with van der Waals surface area (Å²) >= 11 is 0. The van der Waals surface area contributed by atoms with Gasteiger partial charge in [0.05, 0.1) is 6.04 Å². The molecule has 0 aliphatic carbocycles. The predicted octanol–water partition coefficient (Wildman–Crippen LogP) is 5.58. The Morgan fingerprint density at radius 3 is 2.26 bits per heavy atom. The fourth-order valence-corrected chi connectivity index (χ4v) is 5.79. The number of fused-ring (bicyclic) bond motifs is 1. The highest BCUT2D eigenvalue weighted by Gasteiger charge is 2.35. The van der Waals surface area contributed by atoms with Gasteiger partial charge in [0.15, 0.2) is 11.5 Å². The topological polar surface area (TPSA) is 45.3 Å². The van der Waals surface area contributed by atoms with E-state index in [0.29, 0.717) is 18.9 Å². The van der Waals surface area contributed by atoms with Gasteiger partial charge >= 0.3 is 0 Å². The number of amides is 1. The van der Waals surface area contributed by atoms with Crippen LogP contribution in [0.3, 0.4) is 0 Å². The van der Waals surface area contributed by atoms with E-state index in [0.717, 1.165) is 49.8 Å². The summed E-state index contributed by atoms with van der Waals surface area (Å²) in [5.74, 6) is 1.77. The van der Waals surface area contributed by atoms with Crippen LogP contribution in [0.4, 0.5) is 0 Å². The minimum atomic E-state index is 0.0944. The van der Waals surface area contributed by atoms with Crippen LogP contribution in [0.1, 0.15) is 60.8 Å². The van der Waals surface area contributed by atoms with Gasteiger partial charge in [0.1, 0.15) is 0 Å². The first-order chi connectivity index (χ1) is 18.5. The molecule has 1 saturated heterocycles. The van der Waals surface area contributed by atoms with Gasteiger partial charge in [-0.2, -0.15) is 0 Å². The van der Waals surface area contributed by atoms with E-state index in [-0.39, 0.29) is 11.9 Å². The zero-order chi connectivity index (χ0) is 26.6. The molecule has 2 heterocycles. The molecular formula is C32H39N3O3. The highest BCUT2D eigenvalue weighted by atomic mass is 16.7. The molecule has 5 rings (SSSR count). The number of piperazine rings is 1. The maximum Gasteiger partial charge on any atom is 0.253 e. The summed E-state index contributed by atoms with van der Waals surface area (Å²) in [6, 6.07) is 26.1. The van der Waals surface area contributed by atoms with Crippen molar-refractivity contribution in [1.82, 2.24) is 14.7 Å². The van der Waals surface area contributed by atoms with Crippen molar-refractivity contribution in [3.63, 3.8) is 0 Å². The van der Waals surface area contributed by atoms with Crippen molar-refractivity contribution in [2.75, 3.05) is 33.0 Å². The number of benzene rings is 3. The summed E-state index contributed by atoms with van der Waals surface area (Å²) in [4.78, 5) is 20.0. The Bertz CT molecular complexity index is 1230. The number of hydrogen-bond acceptors (Lipinski definition) is 5. The molecule has 2 aliphatic rings. The molecule has 0 saturated carbocycles. The lowest BCUT2D eigenvalue weighted by Gasteiger charge is -2.47. The van der Waals surface area contributed by atoms with Crippen molar-refractivity contribution in [3.8, 4) is 11.5 Å². The lowest BCUT2D eigenvalue weighted by atomic mass is 9.92. The minimum Gasteiger partial charge on any atom is -0.454 e. The predicted molar refractivity (Wildman–Crippen MR) is 151 cm³/mol. The van der Waals surface area contributed by atoms with Crippen LogP contribution in [-0.4, -0.2) is 65.7 Å². The molecular weight excluding hydrogens is 474 g/mol. The fourth-order valence-electron chi connectivity index (χ4n) is 5.79. The Kier molecular flexibility index (Phi) is 8.01. The highest BCUT2D eigenvalue weighted by Crippen LogP contribution is 2.36. The molecule has 1 amide bonds. The monoisotopic (exact) mass is 513 g/mol. The van der Waals surface area contributed by atoms with E-state index in [1.807, 2.05) is 36.9 Å². The Hall–Kier alpha value is -3.35. The van der Waals surface area contributed by atoms with E-state index >= 15 is 0 Å². The highest BCUT2D eigenvalue weighted by molar-refractivity contribution is 5.94. The van der Waals surface area contributed by atoms with Crippen LogP contribution in [0.15, 0.2) is 72.8 Å². The molecule has 2 aliphatic heterocycles. The van der Waals surface area contributed by atoms with Crippen molar-refractivity contribution in [3.05, 3.63) is 95.1 Å². The van der Waals surface area contributed by atoms with Gasteiger partial charge in [0.2, 0.25) is 6.79 Å². The third-order valence-corrected chi connectivity index (χ3v) is 7.96. The molecule has 0 aromatic heterocycles. The Morgan fingerprint density at radius 1 is 0.868 bits per heavy atom. The van der Waals surface area contributed by atoms with Gasteiger partial charge in [0, 0.05) is 50.4 Å². The molecule has 0 spiro atoms. The van der Waals surface area contributed by atoms with Crippen molar-refractivity contribution in [2.45, 2.75) is 52.4 Å². The van der Waals surface area contributed by atoms with Crippen molar-refractivity contribution >= 4 is 5.91 Å². The normalized spacial score (nSPS) is 20.3. The lowest BCUT2D eigenvalue weighted by Crippen LogP contribution is -2.56. The van der Waals surface area contributed by atoms with Gasteiger partial charge in [-0.3, -0.25) is 14.6 Å². The van der Waals surface area contributed by atoms with E-state index in [2.05, 4.69) is 78.2 Å². The van der Waals surface area contributed by atoms with Crippen LogP contribution in [0.5, 0.6) is 11.5 Å². The molecule has 6 nitrogen and oxygen atoms in total. The summed E-state index contributed by atoms with van der Waals surface area (Å²) in [6.07, 6.45) is 0. The second-order valence-electron chi connectivity index (χ2n) is 10.4. The molecule has 3 atom stereocenters. The Morgan fingerprint density at radius 2 is 1.55 bits per heavy atom. The molecule has 6 heteroatoms. The van der Waals surface area contributed by atoms with E-state index in [4.69, 9.17) is 9.47 Å². The average Bonchev–Trinajstić information content (AvgIpc) is 3.41. The first-order valence-electron chi connectivity index (χ1n) is 13.8.